The summed E-state index contributed by atoms with van der Waals surface area (Å²) in [5.41, 5.74) is 0. The Kier molecular flexibility index (Phi) is 5.28. The van der Waals surface area contributed by atoms with Crippen molar-refractivity contribution < 1.29 is 4.52 Å². The predicted octanol–water partition coefficient (Wildman–Crippen LogP) is 4.18. The minimum atomic E-state index is 0.530. The Hall–Kier alpha value is -0.900. The van der Waals surface area contributed by atoms with Gasteiger partial charge in [0.05, 0.1) is 6.54 Å². The van der Waals surface area contributed by atoms with Gasteiger partial charge in [0.1, 0.15) is 0 Å². The van der Waals surface area contributed by atoms with E-state index in [2.05, 4.69) is 22.4 Å². The molecule has 0 aromatic carbocycles. The second kappa shape index (κ2) is 7.39. The van der Waals surface area contributed by atoms with E-state index < -0.39 is 0 Å². The number of aromatic nitrogens is 2. The maximum atomic E-state index is 5.43. The van der Waals surface area contributed by atoms with Gasteiger partial charge in [-0.25, -0.2) is 0 Å². The van der Waals surface area contributed by atoms with Crippen LogP contribution in [-0.4, -0.2) is 16.2 Å². The molecule has 2 saturated carbocycles. The second-order valence-corrected chi connectivity index (χ2v) is 6.91. The van der Waals surface area contributed by atoms with E-state index in [0.717, 1.165) is 24.2 Å². The largest absolute Gasteiger partial charge is 0.338 e. The third kappa shape index (κ3) is 4.06. The van der Waals surface area contributed by atoms with Crippen LogP contribution in [0.3, 0.4) is 0 Å². The van der Waals surface area contributed by atoms with Crippen LogP contribution in [0.15, 0.2) is 4.52 Å². The smallest absolute Gasteiger partial charge is 0.240 e. The lowest BCUT2D eigenvalue weighted by molar-refractivity contribution is 0.294. The van der Waals surface area contributed by atoms with Crippen molar-refractivity contribution in [3.63, 3.8) is 0 Å². The standard InChI is InChI=1S/C17H29N3O/c1-2-5-13-8-10-14(11-9-13)17-19-16(21-20-17)12-18-15-6-3-4-7-15/h13-15,18H,2-12H2,1H3. The fourth-order valence-corrected chi connectivity index (χ4v) is 3.98. The lowest BCUT2D eigenvalue weighted by Gasteiger charge is -2.26. The van der Waals surface area contributed by atoms with Crippen LogP contribution < -0.4 is 5.32 Å². The van der Waals surface area contributed by atoms with Gasteiger partial charge in [-0.2, -0.15) is 4.98 Å². The quantitative estimate of drug-likeness (QED) is 0.854. The first-order valence-electron chi connectivity index (χ1n) is 8.91. The van der Waals surface area contributed by atoms with Crippen molar-refractivity contribution in [1.82, 2.24) is 15.5 Å². The maximum absolute atomic E-state index is 5.43. The normalized spacial score (nSPS) is 27.3. The van der Waals surface area contributed by atoms with Crippen LogP contribution in [0, 0.1) is 5.92 Å². The molecule has 0 unspecified atom stereocenters. The molecule has 21 heavy (non-hydrogen) atoms. The number of hydrogen-bond donors (Lipinski definition) is 1. The molecule has 118 valence electrons. The van der Waals surface area contributed by atoms with Crippen LogP contribution in [0.4, 0.5) is 0 Å². The molecule has 2 aliphatic carbocycles. The van der Waals surface area contributed by atoms with E-state index in [1.54, 1.807) is 0 Å². The summed E-state index contributed by atoms with van der Waals surface area (Å²) in [5, 5.41) is 7.77. The van der Waals surface area contributed by atoms with Gasteiger partial charge in [0.15, 0.2) is 5.82 Å². The molecule has 0 spiro atoms. The topological polar surface area (TPSA) is 51.0 Å². The van der Waals surface area contributed by atoms with Crippen molar-refractivity contribution in [2.75, 3.05) is 0 Å². The Labute approximate surface area is 128 Å². The Balaban J connectivity index is 1.46. The van der Waals surface area contributed by atoms with Gasteiger partial charge in [-0.1, -0.05) is 37.8 Å². The third-order valence-electron chi connectivity index (χ3n) is 5.29. The Morgan fingerprint density at radius 3 is 2.57 bits per heavy atom. The summed E-state index contributed by atoms with van der Waals surface area (Å²) in [6, 6.07) is 0.657. The molecule has 3 rings (SSSR count). The minimum Gasteiger partial charge on any atom is -0.338 e. The SMILES string of the molecule is CCCC1CCC(c2noc(CNC3CCCC3)n2)CC1. The summed E-state index contributed by atoms with van der Waals surface area (Å²) in [4.78, 5) is 4.63. The van der Waals surface area contributed by atoms with Crippen LogP contribution in [0.25, 0.3) is 0 Å². The minimum absolute atomic E-state index is 0.530. The zero-order valence-electron chi connectivity index (χ0n) is 13.3. The van der Waals surface area contributed by atoms with E-state index in [4.69, 9.17) is 4.52 Å². The van der Waals surface area contributed by atoms with Crippen LogP contribution >= 0.6 is 0 Å². The van der Waals surface area contributed by atoms with Crippen molar-refractivity contribution in [2.24, 2.45) is 5.92 Å². The molecule has 4 heteroatoms. The average Bonchev–Trinajstić information content (AvgIpc) is 3.18. The van der Waals surface area contributed by atoms with E-state index in [1.165, 1.54) is 64.2 Å². The summed E-state index contributed by atoms with van der Waals surface area (Å²) in [6.45, 7) is 3.03. The highest BCUT2D eigenvalue weighted by atomic mass is 16.5. The van der Waals surface area contributed by atoms with Crippen molar-refractivity contribution in [3.05, 3.63) is 11.7 Å². The lowest BCUT2D eigenvalue weighted by atomic mass is 9.80. The average molecular weight is 291 g/mol. The van der Waals surface area contributed by atoms with Crippen molar-refractivity contribution in [3.8, 4) is 0 Å². The van der Waals surface area contributed by atoms with Crippen LogP contribution in [0.5, 0.6) is 0 Å². The van der Waals surface area contributed by atoms with Gasteiger partial charge in [-0.3, -0.25) is 0 Å². The van der Waals surface area contributed by atoms with Crippen LogP contribution in [-0.2, 0) is 6.54 Å². The first-order chi connectivity index (χ1) is 10.3. The molecule has 0 saturated heterocycles. The Bertz CT molecular complexity index is 417. The van der Waals surface area contributed by atoms with Gasteiger partial charge in [0, 0.05) is 12.0 Å². The Morgan fingerprint density at radius 2 is 1.86 bits per heavy atom. The molecular weight excluding hydrogens is 262 g/mol. The molecule has 1 aromatic rings. The number of nitrogens with one attached hydrogen (secondary N) is 1. The summed E-state index contributed by atoms with van der Waals surface area (Å²) < 4.78 is 5.43. The fourth-order valence-electron chi connectivity index (χ4n) is 3.98. The number of nitrogens with zero attached hydrogens (tertiary/aromatic N) is 2. The summed E-state index contributed by atoms with van der Waals surface area (Å²) in [6.07, 6.45) is 13.1. The highest BCUT2D eigenvalue weighted by molar-refractivity contribution is 4.98. The zero-order chi connectivity index (χ0) is 14.5. The highest BCUT2D eigenvalue weighted by Gasteiger charge is 2.25. The summed E-state index contributed by atoms with van der Waals surface area (Å²) in [7, 11) is 0. The molecule has 1 aromatic heterocycles. The molecule has 2 aliphatic rings. The molecule has 0 bridgehead atoms. The predicted molar refractivity (Wildman–Crippen MR) is 83.0 cm³/mol. The molecular formula is C17H29N3O. The lowest BCUT2D eigenvalue weighted by Crippen LogP contribution is -2.25. The van der Waals surface area contributed by atoms with Gasteiger partial charge in [0.25, 0.3) is 0 Å². The van der Waals surface area contributed by atoms with E-state index >= 15 is 0 Å². The third-order valence-corrected chi connectivity index (χ3v) is 5.29. The van der Waals surface area contributed by atoms with E-state index in [1.807, 2.05) is 0 Å². The molecule has 0 radical (unpaired) electrons. The van der Waals surface area contributed by atoms with E-state index in [0.29, 0.717) is 12.0 Å². The van der Waals surface area contributed by atoms with Crippen molar-refractivity contribution >= 4 is 0 Å². The van der Waals surface area contributed by atoms with Crippen LogP contribution in [0.1, 0.15) is 88.8 Å². The highest BCUT2D eigenvalue weighted by Crippen LogP contribution is 2.36. The monoisotopic (exact) mass is 291 g/mol. The van der Waals surface area contributed by atoms with Crippen molar-refractivity contribution in [2.45, 2.75) is 89.6 Å². The van der Waals surface area contributed by atoms with Gasteiger partial charge in [-0.15, -0.1) is 0 Å². The van der Waals surface area contributed by atoms with E-state index in [9.17, 15) is 0 Å². The van der Waals surface area contributed by atoms with Gasteiger partial charge < -0.3 is 9.84 Å². The second-order valence-electron chi connectivity index (χ2n) is 6.91. The molecule has 2 fully saturated rings. The first kappa shape index (κ1) is 15.0. The summed E-state index contributed by atoms with van der Waals surface area (Å²) >= 11 is 0. The molecule has 4 nitrogen and oxygen atoms in total. The maximum Gasteiger partial charge on any atom is 0.240 e. The number of hydrogen-bond acceptors (Lipinski definition) is 4. The molecule has 0 amide bonds. The Morgan fingerprint density at radius 1 is 1.10 bits per heavy atom. The molecule has 0 aliphatic heterocycles. The fraction of sp³-hybridized carbons (Fsp3) is 0.882. The zero-order valence-corrected chi connectivity index (χ0v) is 13.3. The van der Waals surface area contributed by atoms with Gasteiger partial charge in [0.2, 0.25) is 5.89 Å². The first-order valence-corrected chi connectivity index (χ1v) is 8.91. The van der Waals surface area contributed by atoms with Crippen molar-refractivity contribution in [1.29, 1.82) is 0 Å². The van der Waals surface area contributed by atoms with Gasteiger partial charge in [-0.05, 0) is 44.4 Å². The molecule has 1 heterocycles. The molecule has 0 atom stereocenters. The number of rotatable bonds is 6. The van der Waals surface area contributed by atoms with Gasteiger partial charge >= 0.3 is 0 Å². The molecule has 1 N–H and O–H groups in total. The summed E-state index contributed by atoms with van der Waals surface area (Å²) in [5.74, 6) is 3.18. The van der Waals surface area contributed by atoms with Crippen LogP contribution in [0.2, 0.25) is 0 Å². The van der Waals surface area contributed by atoms with E-state index in [-0.39, 0.29) is 0 Å².